The van der Waals surface area contributed by atoms with E-state index in [2.05, 4.69) is 5.32 Å². The van der Waals surface area contributed by atoms with E-state index in [1.54, 1.807) is 43.3 Å². The summed E-state index contributed by atoms with van der Waals surface area (Å²) >= 11 is 6.08. The summed E-state index contributed by atoms with van der Waals surface area (Å²) in [6, 6.07) is 15.7. The van der Waals surface area contributed by atoms with Crippen molar-refractivity contribution in [3.8, 4) is 5.75 Å². The van der Waals surface area contributed by atoms with Crippen molar-refractivity contribution in [2.75, 3.05) is 18.0 Å². The molecule has 11 nitrogen and oxygen atoms in total. The van der Waals surface area contributed by atoms with Crippen molar-refractivity contribution >= 4 is 44.8 Å². The molecule has 45 heavy (non-hydrogen) atoms. The number of methoxy groups -OCH3 is 1. The van der Waals surface area contributed by atoms with Gasteiger partial charge in [-0.05, 0) is 74.2 Å². The summed E-state index contributed by atoms with van der Waals surface area (Å²) in [6.45, 7) is 2.66. The van der Waals surface area contributed by atoms with Crippen LogP contribution in [0.5, 0.6) is 5.75 Å². The van der Waals surface area contributed by atoms with Gasteiger partial charge in [0.25, 0.3) is 15.7 Å². The predicted octanol–water partition coefficient (Wildman–Crippen LogP) is 5.63. The maximum absolute atomic E-state index is 14.3. The number of amides is 2. The van der Waals surface area contributed by atoms with Gasteiger partial charge in [-0.3, -0.25) is 24.0 Å². The quantitative estimate of drug-likeness (QED) is 0.186. The largest absolute Gasteiger partial charge is 0.497 e. The van der Waals surface area contributed by atoms with Gasteiger partial charge in [-0.2, -0.15) is 0 Å². The molecule has 0 heterocycles. The first kappa shape index (κ1) is 33.7. The number of nitrogens with one attached hydrogen (secondary N) is 1. The van der Waals surface area contributed by atoms with Gasteiger partial charge in [0.1, 0.15) is 18.3 Å². The Kier molecular flexibility index (Phi) is 11.1. The summed E-state index contributed by atoms with van der Waals surface area (Å²) in [5.41, 5.74) is 0.769. The molecule has 1 saturated carbocycles. The SMILES string of the molecule is CC[C@H](C(=O)NC1CCCC1)N(Cc1ccc(Cl)cc1)C(=O)CN(c1ccc(OC)cc1)S(=O)(=O)c1ccc(C)c([N+](=O)[O-])c1. The number of carbonyl (C=O) groups excluding carboxylic acids is 2. The smallest absolute Gasteiger partial charge is 0.273 e. The minimum Gasteiger partial charge on any atom is -0.497 e. The van der Waals surface area contributed by atoms with Crippen LogP contribution in [0.15, 0.2) is 71.6 Å². The van der Waals surface area contributed by atoms with Gasteiger partial charge >= 0.3 is 0 Å². The first-order chi connectivity index (χ1) is 21.4. The van der Waals surface area contributed by atoms with Crippen molar-refractivity contribution in [2.45, 2.75) is 69.5 Å². The number of benzene rings is 3. The zero-order valence-corrected chi connectivity index (χ0v) is 27.0. The minimum atomic E-state index is -4.50. The molecule has 3 aromatic carbocycles. The van der Waals surface area contributed by atoms with E-state index in [1.807, 2.05) is 0 Å². The highest BCUT2D eigenvalue weighted by Crippen LogP contribution is 2.30. The fraction of sp³-hybridized carbons (Fsp3) is 0.375. The highest BCUT2D eigenvalue weighted by atomic mass is 35.5. The zero-order valence-electron chi connectivity index (χ0n) is 25.4. The number of halogens is 1. The van der Waals surface area contributed by atoms with Crippen LogP contribution in [0.3, 0.4) is 0 Å². The van der Waals surface area contributed by atoms with Gasteiger partial charge in [0, 0.05) is 29.2 Å². The van der Waals surface area contributed by atoms with Crippen LogP contribution in [-0.4, -0.2) is 55.8 Å². The molecule has 0 spiro atoms. The van der Waals surface area contributed by atoms with Crippen molar-refractivity contribution in [2.24, 2.45) is 0 Å². The summed E-state index contributed by atoms with van der Waals surface area (Å²) in [7, 11) is -3.04. The van der Waals surface area contributed by atoms with Crippen LogP contribution in [-0.2, 0) is 26.2 Å². The number of hydrogen-bond donors (Lipinski definition) is 1. The lowest BCUT2D eigenvalue weighted by Gasteiger charge is -2.33. The lowest BCUT2D eigenvalue weighted by molar-refractivity contribution is -0.385. The van der Waals surface area contributed by atoms with E-state index in [0.29, 0.717) is 21.9 Å². The molecule has 240 valence electrons. The maximum atomic E-state index is 14.3. The highest BCUT2D eigenvalue weighted by molar-refractivity contribution is 7.92. The third kappa shape index (κ3) is 8.12. The van der Waals surface area contributed by atoms with Crippen LogP contribution in [0, 0.1) is 17.0 Å². The van der Waals surface area contributed by atoms with Gasteiger partial charge < -0.3 is 15.0 Å². The molecule has 0 bridgehead atoms. The maximum Gasteiger partial charge on any atom is 0.273 e. The molecule has 4 rings (SSSR count). The van der Waals surface area contributed by atoms with E-state index < -0.39 is 33.4 Å². The predicted molar refractivity (Wildman–Crippen MR) is 172 cm³/mol. The molecule has 1 aliphatic carbocycles. The normalized spacial score (nSPS) is 14.0. The molecule has 0 unspecified atom stereocenters. The molecule has 0 aliphatic heterocycles. The molecule has 0 radical (unpaired) electrons. The van der Waals surface area contributed by atoms with Crippen LogP contribution in [0.4, 0.5) is 11.4 Å². The van der Waals surface area contributed by atoms with Crippen LogP contribution in [0.1, 0.15) is 50.2 Å². The van der Waals surface area contributed by atoms with Crippen molar-refractivity contribution in [3.63, 3.8) is 0 Å². The summed E-state index contributed by atoms with van der Waals surface area (Å²) in [5, 5.41) is 15.2. The van der Waals surface area contributed by atoms with Crippen molar-refractivity contribution in [3.05, 3.63) is 93.0 Å². The van der Waals surface area contributed by atoms with Gasteiger partial charge in [-0.1, -0.05) is 49.6 Å². The number of sulfonamides is 1. The van der Waals surface area contributed by atoms with Crippen molar-refractivity contribution < 1.29 is 27.7 Å². The molecule has 1 fully saturated rings. The molecule has 1 aliphatic rings. The number of ether oxygens (including phenoxy) is 1. The average molecular weight is 657 g/mol. The van der Waals surface area contributed by atoms with Crippen LogP contribution in [0.25, 0.3) is 0 Å². The number of hydrogen-bond acceptors (Lipinski definition) is 7. The molecule has 1 N–H and O–H groups in total. The van der Waals surface area contributed by atoms with Gasteiger partial charge in [0.05, 0.1) is 22.6 Å². The number of rotatable bonds is 13. The number of nitro groups is 1. The standard InChI is InChI=1S/C32H37ClN4O7S/c1-4-29(32(39)34-25-7-5-6-8-25)35(20-23-10-12-24(33)13-11-23)31(38)21-36(26-14-16-27(44-3)17-15-26)45(42,43)28-18-9-22(2)30(19-28)37(40)41/h9-19,25,29H,4-8,20-21H2,1-3H3,(H,34,39)/t29-/m1/s1. The van der Waals surface area contributed by atoms with Gasteiger partial charge in [0.2, 0.25) is 11.8 Å². The fourth-order valence-electron chi connectivity index (χ4n) is 5.42. The summed E-state index contributed by atoms with van der Waals surface area (Å²) in [6.07, 6.45) is 4.04. The van der Waals surface area contributed by atoms with E-state index in [-0.39, 0.29) is 41.2 Å². The average Bonchev–Trinajstić information content (AvgIpc) is 3.53. The Morgan fingerprint density at radius 3 is 2.29 bits per heavy atom. The molecular weight excluding hydrogens is 620 g/mol. The Morgan fingerprint density at radius 2 is 1.71 bits per heavy atom. The molecule has 2 amide bonds. The Morgan fingerprint density at radius 1 is 1.07 bits per heavy atom. The Hall–Kier alpha value is -4.16. The van der Waals surface area contributed by atoms with Crippen LogP contribution >= 0.6 is 11.6 Å². The molecule has 0 saturated heterocycles. The Labute approximate surface area is 268 Å². The van der Waals surface area contributed by atoms with E-state index in [0.717, 1.165) is 36.1 Å². The highest BCUT2D eigenvalue weighted by Gasteiger charge is 2.35. The van der Waals surface area contributed by atoms with Gasteiger partial charge in [-0.25, -0.2) is 8.42 Å². The molecule has 1 atom stereocenters. The van der Waals surface area contributed by atoms with Gasteiger partial charge in [-0.15, -0.1) is 0 Å². The first-order valence-electron chi connectivity index (χ1n) is 14.7. The van der Waals surface area contributed by atoms with Crippen molar-refractivity contribution in [1.29, 1.82) is 0 Å². The second kappa shape index (κ2) is 14.7. The number of carbonyl (C=O) groups is 2. The number of nitro benzene ring substituents is 1. The lowest BCUT2D eigenvalue weighted by atomic mass is 10.1. The monoisotopic (exact) mass is 656 g/mol. The molecule has 13 heteroatoms. The summed E-state index contributed by atoms with van der Waals surface area (Å²) < 4.78 is 34.4. The third-order valence-corrected chi connectivity index (χ3v) is 9.98. The molecular formula is C32H37ClN4O7S. The fourth-order valence-corrected chi connectivity index (χ4v) is 6.99. The first-order valence-corrected chi connectivity index (χ1v) is 16.5. The summed E-state index contributed by atoms with van der Waals surface area (Å²) in [5.74, 6) is -0.466. The second-order valence-electron chi connectivity index (χ2n) is 11.0. The Bertz CT molecular complexity index is 1630. The van der Waals surface area contributed by atoms with E-state index >= 15 is 0 Å². The number of anilines is 1. The van der Waals surface area contributed by atoms with E-state index in [4.69, 9.17) is 16.3 Å². The number of nitrogens with zero attached hydrogens (tertiary/aromatic N) is 3. The lowest BCUT2D eigenvalue weighted by Crippen LogP contribution is -2.53. The van der Waals surface area contributed by atoms with Crippen molar-refractivity contribution in [1.82, 2.24) is 10.2 Å². The third-order valence-electron chi connectivity index (χ3n) is 7.96. The van der Waals surface area contributed by atoms with Gasteiger partial charge in [0.15, 0.2) is 0 Å². The van der Waals surface area contributed by atoms with E-state index in [9.17, 15) is 28.1 Å². The molecule has 3 aromatic rings. The summed E-state index contributed by atoms with van der Waals surface area (Å²) in [4.78, 5) is 39.8. The molecule has 0 aromatic heterocycles. The second-order valence-corrected chi connectivity index (χ2v) is 13.3. The number of aryl methyl sites for hydroxylation is 1. The van der Waals surface area contributed by atoms with Crippen LogP contribution in [0.2, 0.25) is 5.02 Å². The zero-order chi connectivity index (χ0) is 32.7. The topological polar surface area (TPSA) is 139 Å². The Balaban J connectivity index is 1.75. The minimum absolute atomic E-state index is 0.0209. The van der Waals surface area contributed by atoms with Crippen LogP contribution < -0.4 is 14.4 Å². The van der Waals surface area contributed by atoms with E-state index in [1.165, 1.54) is 43.2 Å².